The number of rotatable bonds is 29. The van der Waals surface area contributed by atoms with Crippen LogP contribution >= 0.6 is 0 Å². The van der Waals surface area contributed by atoms with Crippen molar-refractivity contribution in [2.75, 3.05) is 26.9 Å². The summed E-state index contributed by atoms with van der Waals surface area (Å²) in [4.78, 5) is 0. The van der Waals surface area contributed by atoms with Crippen molar-refractivity contribution in [2.24, 2.45) is 11.3 Å². The number of benzene rings is 7. The van der Waals surface area contributed by atoms with Crippen molar-refractivity contribution in [2.45, 2.75) is 156 Å². The zero-order valence-corrected chi connectivity index (χ0v) is 56.0. The lowest BCUT2D eigenvalue weighted by Gasteiger charge is -2.47. The van der Waals surface area contributed by atoms with Gasteiger partial charge in [0, 0.05) is 31.2 Å². The van der Waals surface area contributed by atoms with Crippen LogP contribution in [0.3, 0.4) is 0 Å². The predicted octanol–water partition coefficient (Wildman–Crippen LogP) is 14.8. The molecule has 0 spiro atoms. The van der Waals surface area contributed by atoms with E-state index in [0.29, 0.717) is 45.7 Å². The SMILES string of the molecule is COc1ccc(CO[C@@H](CCCC(O)CCC=C=C(C)CC(C)(CO[Si](c2ccccc2)(c2ccccc2)C(C)(C)C)CO[Si](c2ccccc2)(c2ccccc2)C(C)(C)C)[C@@H](C)CO[Si](c2ccccc2)(c2ccccc2)C(C)(C)C)cc1. The van der Waals surface area contributed by atoms with Crippen LogP contribution in [0.5, 0.6) is 5.75 Å². The standard InChI is InChI=1S/C75H98O6Si3/c1-60(35-32-33-36-63(76)37-34-50-71(78-57-62-51-53-64(77-13)54-52-62)61(2)56-79-82(72(3,4)5,65-38-20-14-21-39-65)66-40-22-15-23-41-66)55-75(12,58-80-83(73(6,7)8,67-42-24-16-25-43-67)68-44-26-17-27-45-68)59-81-84(74(9,10)11,69-46-28-18-29-47-69)70-48-30-19-31-49-70/h14-32,38-49,51-54,61,63,71,76H,33-34,36-37,50,55-59H2,1-13H3/t35?,61-,63?,71-/m0/s1. The molecule has 84 heavy (non-hydrogen) atoms. The van der Waals surface area contributed by atoms with Crippen LogP contribution in [0.1, 0.15) is 127 Å². The smallest absolute Gasteiger partial charge is 0.261 e. The second-order valence-electron chi connectivity index (χ2n) is 26.8. The van der Waals surface area contributed by atoms with Gasteiger partial charge in [-0.15, -0.1) is 5.73 Å². The van der Waals surface area contributed by atoms with Crippen molar-refractivity contribution in [1.29, 1.82) is 0 Å². The third-order valence-corrected chi connectivity index (χ3v) is 32.0. The minimum Gasteiger partial charge on any atom is -0.497 e. The van der Waals surface area contributed by atoms with Gasteiger partial charge in [0.25, 0.3) is 25.0 Å². The maximum Gasteiger partial charge on any atom is 0.261 e. The van der Waals surface area contributed by atoms with Crippen molar-refractivity contribution >= 4 is 56.1 Å². The molecule has 6 nitrogen and oxygen atoms in total. The van der Waals surface area contributed by atoms with Gasteiger partial charge in [0.15, 0.2) is 0 Å². The lowest BCUT2D eigenvalue weighted by atomic mass is 9.86. The van der Waals surface area contributed by atoms with Crippen LogP contribution in [-0.4, -0.2) is 69.2 Å². The summed E-state index contributed by atoms with van der Waals surface area (Å²) < 4.78 is 35.4. The van der Waals surface area contributed by atoms with E-state index in [0.717, 1.165) is 36.1 Å². The van der Waals surface area contributed by atoms with Crippen LogP contribution in [0.2, 0.25) is 15.1 Å². The molecule has 0 fully saturated rings. The third kappa shape index (κ3) is 16.0. The van der Waals surface area contributed by atoms with Gasteiger partial charge in [-0.2, -0.15) is 0 Å². The van der Waals surface area contributed by atoms with Crippen molar-refractivity contribution in [1.82, 2.24) is 0 Å². The second-order valence-corrected chi connectivity index (χ2v) is 39.7. The number of methoxy groups -OCH3 is 1. The van der Waals surface area contributed by atoms with E-state index < -0.39 is 36.5 Å². The Balaban J connectivity index is 1.10. The highest BCUT2D eigenvalue weighted by Gasteiger charge is 2.54. The molecule has 7 rings (SSSR count). The van der Waals surface area contributed by atoms with Crippen LogP contribution < -0.4 is 35.9 Å². The lowest BCUT2D eigenvalue weighted by molar-refractivity contribution is -0.0161. The van der Waals surface area contributed by atoms with Crippen molar-refractivity contribution < 1.29 is 27.9 Å². The first-order valence-electron chi connectivity index (χ1n) is 30.7. The summed E-state index contributed by atoms with van der Waals surface area (Å²) in [5.74, 6) is 0.913. The zero-order chi connectivity index (χ0) is 60.5. The number of ether oxygens (including phenoxy) is 2. The van der Waals surface area contributed by atoms with E-state index >= 15 is 0 Å². The van der Waals surface area contributed by atoms with Crippen molar-refractivity contribution in [3.8, 4) is 5.75 Å². The van der Waals surface area contributed by atoms with Gasteiger partial charge in [0.1, 0.15) is 5.75 Å². The predicted molar refractivity (Wildman–Crippen MR) is 361 cm³/mol. The van der Waals surface area contributed by atoms with Gasteiger partial charge in [-0.1, -0.05) is 270 Å². The van der Waals surface area contributed by atoms with E-state index in [-0.39, 0.29) is 27.1 Å². The fourth-order valence-electron chi connectivity index (χ4n) is 12.7. The average Bonchev–Trinajstić information content (AvgIpc) is 1.95. The Hall–Kier alpha value is -5.69. The number of hydrogen-bond acceptors (Lipinski definition) is 6. The Morgan fingerprint density at radius 1 is 0.488 bits per heavy atom. The molecule has 0 aliphatic rings. The van der Waals surface area contributed by atoms with Crippen LogP contribution in [0.4, 0.5) is 0 Å². The van der Waals surface area contributed by atoms with Gasteiger partial charge in [-0.25, -0.2) is 0 Å². The van der Waals surface area contributed by atoms with E-state index in [1.165, 1.54) is 31.1 Å². The Morgan fingerprint density at radius 3 is 1.19 bits per heavy atom. The van der Waals surface area contributed by atoms with Crippen molar-refractivity contribution in [3.63, 3.8) is 0 Å². The van der Waals surface area contributed by atoms with Gasteiger partial charge in [0.2, 0.25) is 0 Å². The fourth-order valence-corrected chi connectivity index (χ4v) is 26.8. The maximum absolute atomic E-state index is 11.6. The molecule has 9 heteroatoms. The number of hydrogen-bond donors (Lipinski definition) is 1. The van der Waals surface area contributed by atoms with Gasteiger partial charge in [-0.05, 0) is 121 Å². The topological polar surface area (TPSA) is 66.4 Å². The average molecular weight is 1180 g/mol. The van der Waals surface area contributed by atoms with Crippen LogP contribution in [0.15, 0.2) is 224 Å². The Morgan fingerprint density at radius 2 is 0.845 bits per heavy atom. The highest BCUT2D eigenvalue weighted by molar-refractivity contribution is 7.00. The van der Waals surface area contributed by atoms with Crippen LogP contribution in [-0.2, 0) is 24.6 Å². The van der Waals surface area contributed by atoms with Gasteiger partial charge >= 0.3 is 0 Å². The molecule has 0 aliphatic carbocycles. The van der Waals surface area contributed by atoms with E-state index in [1.54, 1.807) is 7.11 Å². The molecule has 1 N–H and O–H groups in total. The summed E-state index contributed by atoms with van der Waals surface area (Å²) in [6.07, 6.45) is 5.98. The first kappa shape index (κ1) is 65.8. The summed E-state index contributed by atoms with van der Waals surface area (Å²) >= 11 is 0. The van der Waals surface area contributed by atoms with Gasteiger partial charge in [0.05, 0.1) is 25.9 Å². The summed E-state index contributed by atoms with van der Waals surface area (Å²) in [6.45, 7) is 29.9. The normalized spacial score (nSPS) is 13.8. The molecular weight excluding hydrogens is 1080 g/mol. The molecule has 3 atom stereocenters. The van der Waals surface area contributed by atoms with Gasteiger partial charge < -0.3 is 27.9 Å². The molecule has 0 aliphatic heterocycles. The van der Waals surface area contributed by atoms with E-state index in [1.807, 2.05) is 12.1 Å². The van der Waals surface area contributed by atoms with Crippen molar-refractivity contribution in [3.05, 3.63) is 229 Å². The molecule has 7 aromatic carbocycles. The fraction of sp³-hybridized carbons (Fsp3) is 0.400. The van der Waals surface area contributed by atoms with E-state index in [4.69, 9.17) is 22.8 Å². The lowest BCUT2D eigenvalue weighted by Crippen LogP contribution is -2.68. The minimum atomic E-state index is -2.91. The summed E-state index contributed by atoms with van der Waals surface area (Å²) in [7, 11) is -6.90. The van der Waals surface area contributed by atoms with E-state index in [2.05, 4.69) is 289 Å². The Kier molecular flexibility index (Phi) is 23.2. The molecular formula is C75H98O6Si3. The molecule has 0 radical (unpaired) electrons. The maximum atomic E-state index is 11.6. The van der Waals surface area contributed by atoms with E-state index in [9.17, 15) is 5.11 Å². The van der Waals surface area contributed by atoms with Crippen LogP contribution in [0, 0.1) is 11.3 Å². The first-order valence-corrected chi connectivity index (χ1v) is 36.4. The second kappa shape index (κ2) is 29.6. The molecule has 0 saturated heterocycles. The third-order valence-electron chi connectivity index (χ3n) is 17.1. The molecule has 7 aromatic rings. The van der Waals surface area contributed by atoms with Crippen LogP contribution in [0.25, 0.3) is 0 Å². The number of aliphatic hydroxyl groups is 1. The minimum absolute atomic E-state index is 0.0847. The molecule has 1 unspecified atom stereocenters. The summed E-state index contributed by atoms with van der Waals surface area (Å²) in [5.41, 5.74) is 5.50. The highest BCUT2D eigenvalue weighted by Crippen LogP contribution is 2.42. The molecule has 0 amide bonds. The monoisotopic (exact) mass is 1180 g/mol. The van der Waals surface area contributed by atoms with Gasteiger partial charge in [-0.3, -0.25) is 0 Å². The molecule has 0 heterocycles. The molecule has 446 valence electrons. The largest absolute Gasteiger partial charge is 0.497 e. The molecule has 0 aromatic heterocycles. The number of allylic oxidation sites excluding steroid dienone is 1. The first-order chi connectivity index (χ1) is 40.1. The highest BCUT2D eigenvalue weighted by atomic mass is 28.4. The zero-order valence-electron chi connectivity index (χ0n) is 53.0. The summed E-state index contributed by atoms with van der Waals surface area (Å²) in [6, 6.07) is 73.6. The molecule has 0 saturated carbocycles. The Labute approximate surface area is 509 Å². The number of aliphatic hydroxyl groups excluding tert-OH is 1. The summed E-state index contributed by atoms with van der Waals surface area (Å²) in [5, 5.41) is 18.7. The molecule has 0 bridgehead atoms. The Bertz CT molecular complexity index is 2870. The quantitative estimate of drug-likeness (QED) is 0.0372.